The van der Waals surface area contributed by atoms with Crippen molar-refractivity contribution in [2.24, 2.45) is 0 Å². The SMILES string of the molecule is CCCNC(=O)c1nn(CC)cc1NC(=O)c1c(Br)cnn1CC. The second-order valence-electron chi connectivity index (χ2n) is 5.11. The summed E-state index contributed by atoms with van der Waals surface area (Å²) in [4.78, 5) is 24.8. The third kappa shape index (κ3) is 3.84. The van der Waals surface area contributed by atoms with Crippen LogP contribution in [0.5, 0.6) is 0 Å². The number of halogens is 1. The summed E-state index contributed by atoms with van der Waals surface area (Å²) in [6.07, 6.45) is 4.05. The Kier molecular flexibility index (Phi) is 6.13. The molecule has 2 aromatic rings. The molecule has 8 nitrogen and oxygen atoms in total. The Labute approximate surface area is 148 Å². The number of nitrogens with one attached hydrogen (secondary N) is 2. The van der Waals surface area contributed by atoms with Crippen molar-refractivity contribution < 1.29 is 9.59 Å². The number of carbonyl (C=O) groups is 2. The Morgan fingerprint density at radius 2 is 1.96 bits per heavy atom. The van der Waals surface area contributed by atoms with E-state index in [1.807, 2.05) is 20.8 Å². The van der Waals surface area contributed by atoms with E-state index in [0.717, 1.165) is 6.42 Å². The zero-order chi connectivity index (χ0) is 17.7. The first-order valence-electron chi connectivity index (χ1n) is 7.90. The van der Waals surface area contributed by atoms with E-state index in [9.17, 15) is 9.59 Å². The summed E-state index contributed by atoms with van der Waals surface area (Å²) >= 11 is 3.33. The molecule has 2 amide bonds. The van der Waals surface area contributed by atoms with Crippen LogP contribution in [-0.4, -0.2) is 37.9 Å². The minimum absolute atomic E-state index is 0.206. The first kappa shape index (κ1) is 18.2. The number of aryl methyl sites for hydroxylation is 2. The van der Waals surface area contributed by atoms with Crippen LogP contribution in [0.15, 0.2) is 16.9 Å². The lowest BCUT2D eigenvalue weighted by atomic mass is 10.3. The standard InChI is InChI=1S/C15H21BrN6O2/c1-4-7-17-14(23)12-11(9-21(5-2)20-12)19-15(24)13-10(16)8-18-22(13)6-3/h8-9H,4-7H2,1-3H3,(H,17,23)(H,19,24). The van der Waals surface area contributed by atoms with Crippen molar-refractivity contribution in [1.82, 2.24) is 24.9 Å². The van der Waals surface area contributed by atoms with Crippen LogP contribution in [-0.2, 0) is 13.1 Å². The first-order valence-corrected chi connectivity index (χ1v) is 8.69. The zero-order valence-electron chi connectivity index (χ0n) is 14.0. The quantitative estimate of drug-likeness (QED) is 0.750. The van der Waals surface area contributed by atoms with Crippen LogP contribution in [0.1, 0.15) is 48.2 Å². The van der Waals surface area contributed by atoms with Crippen molar-refractivity contribution in [2.45, 2.75) is 40.3 Å². The zero-order valence-corrected chi connectivity index (χ0v) is 15.6. The molecule has 130 valence electrons. The molecule has 0 bridgehead atoms. The lowest BCUT2D eigenvalue weighted by Gasteiger charge is -2.07. The highest BCUT2D eigenvalue weighted by atomic mass is 79.9. The number of anilines is 1. The fourth-order valence-electron chi connectivity index (χ4n) is 2.17. The van der Waals surface area contributed by atoms with Crippen LogP contribution in [0.4, 0.5) is 5.69 Å². The Morgan fingerprint density at radius 3 is 2.58 bits per heavy atom. The molecule has 0 aliphatic carbocycles. The summed E-state index contributed by atoms with van der Waals surface area (Å²) < 4.78 is 3.80. The molecule has 2 rings (SSSR count). The van der Waals surface area contributed by atoms with Crippen molar-refractivity contribution >= 4 is 33.4 Å². The monoisotopic (exact) mass is 396 g/mol. The molecule has 0 aliphatic heterocycles. The minimum Gasteiger partial charge on any atom is -0.351 e. The van der Waals surface area contributed by atoms with Gasteiger partial charge in [0, 0.05) is 25.8 Å². The van der Waals surface area contributed by atoms with Crippen molar-refractivity contribution in [3.63, 3.8) is 0 Å². The molecule has 0 aromatic carbocycles. The summed E-state index contributed by atoms with van der Waals surface area (Å²) in [7, 11) is 0. The average molecular weight is 397 g/mol. The third-order valence-corrected chi connectivity index (χ3v) is 3.97. The predicted molar refractivity (Wildman–Crippen MR) is 94.1 cm³/mol. The number of amides is 2. The van der Waals surface area contributed by atoms with Gasteiger partial charge in [-0.2, -0.15) is 10.2 Å². The molecule has 2 heterocycles. The summed E-state index contributed by atoms with van der Waals surface area (Å²) in [5.74, 6) is -0.649. The van der Waals surface area contributed by atoms with Gasteiger partial charge in [-0.3, -0.25) is 19.0 Å². The molecule has 24 heavy (non-hydrogen) atoms. The molecule has 0 aliphatic rings. The summed E-state index contributed by atoms with van der Waals surface area (Å²) in [6, 6.07) is 0. The maximum absolute atomic E-state index is 12.6. The van der Waals surface area contributed by atoms with E-state index in [0.29, 0.717) is 35.5 Å². The Balaban J connectivity index is 2.28. The average Bonchev–Trinajstić information content (AvgIpc) is 3.15. The maximum atomic E-state index is 12.6. The van der Waals surface area contributed by atoms with Crippen LogP contribution < -0.4 is 10.6 Å². The lowest BCUT2D eigenvalue weighted by molar-refractivity contribution is 0.0948. The fraction of sp³-hybridized carbons (Fsp3) is 0.467. The number of carbonyl (C=O) groups excluding carboxylic acids is 2. The predicted octanol–water partition coefficient (Wildman–Crippen LogP) is 2.27. The highest BCUT2D eigenvalue weighted by Crippen LogP contribution is 2.20. The van der Waals surface area contributed by atoms with Crippen molar-refractivity contribution in [3.8, 4) is 0 Å². The number of rotatable bonds is 7. The maximum Gasteiger partial charge on any atom is 0.275 e. The van der Waals surface area contributed by atoms with E-state index in [2.05, 4.69) is 36.8 Å². The van der Waals surface area contributed by atoms with E-state index < -0.39 is 0 Å². The molecule has 0 atom stereocenters. The largest absolute Gasteiger partial charge is 0.351 e. The van der Waals surface area contributed by atoms with Gasteiger partial charge in [-0.05, 0) is 36.2 Å². The molecular formula is C15H21BrN6O2. The van der Waals surface area contributed by atoms with Gasteiger partial charge in [0.15, 0.2) is 5.69 Å². The highest BCUT2D eigenvalue weighted by Gasteiger charge is 2.22. The smallest absolute Gasteiger partial charge is 0.275 e. The van der Waals surface area contributed by atoms with E-state index in [-0.39, 0.29) is 17.5 Å². The number of hydrogen-bond acceptors (Lipinski definition) is 4. The van der Waals surface area contributed by atoms with Gasteiger partial charge in [-0.1, -0.05) is 6.92 Å². The normalized spacial score (nSPS) is 10.7. The van der Waals surface area contributed by atoms with Crippen LogP contribution >= 0.6 is 15.9 Å². The molecule has 0 spiro atoms. The summed E-state index contributed by atoms with van der Waals surface area (Å²) in [5.41, 5.74) is 0.991. The molecule has 2 aromatic heterocycles. The lowest BCUT2D eigenvalue weighted by Crippen LogP contribution is -2.26. The molecule has 0 unspecified atom stereocenters. The molecule has 0 saturated heterocycles. The molecule has 0 fully saturated rings. The number of aromatic nitrogens is 4. The second-order valence-corrected chi connectivity index (χ2v) is 5.97. The van der Waals surface area contributed by atoms with Crippen LogP contribution in [0, 0.1) is 0 Å². The molecule has 2 N–H and O–H groups in total. The van der Waals surface area contributed by atoms with Gasteiger partial charge in [0.25, 0.3) is 11.8 Å². The third-order valence-electron chi connectivity index (χ3n) is 3.39. The Hall–Kier alpha value is -2.16. The van der Waals surface area contributed by atoms with Gasteiger partial charge >= 0.3 is 0 Å². The first-order chi connectivity index (χ1) is 11.5. The van der Waals surface area contributed by atoms with Crippen molar-refractivity contribution in [1.29, 1.82) is 0 Å². The van der Waals surface area contributed by atoms with Gasteiger partial charge < -0.3 is 10.6 Å². The summed E-state index contributed by atoms with van der Waals surface area (Å²) in [5, 5.41) is 13.9. The molecular weight excluding hydrogens is 376 g/mol. The van der Waals surface area contributed by atoms with E-state index >= 15 is 0 Å². The summed E-state index contributed by atoms with van der Waals surface area (Å²) in [6.45, 7) is 7.49. The Bertz CT molecular complexity index is 736. The van der Waals surface area contributed by atoms with Gasteiger partial charge in [0.1, 0.15) is 5.69 Å². The molecule has 9 heteroatoms. The van der Waals surface area contributed by atoms with E-state index in [1.165, 1.54) is 0 Å². The fourth-order valence-corrected chi connectivity index (χ4v) is 2.65. The van der Waals surface area contributed by atoms with Gasteiger partial charge in [0.2, 0.25) is 0 Å². The minimum atomic E-state index is -0.346. The topological polar surface area (TPSA) is 93.8 Å². The van der Waals surface area contributed by atoms with E-state index in [1.54, 1.807) is 21.8 Å². The van der Waals surface area contributed by atoms with Crippen molar-refractivity contribution in [3.05, 3.63) is 28.3 Å². The highest BCUT2D eigenvalue weighted by molar-refractivity contribution is 9.10. The van der Waals surface area contributed by atoms with E-state index in [4.69, 9.17) is 0 Å². The molecule has 0 saturated carbocycles. The second kappa shape index (κ2) is 8.09. The Morgan fingerprint density at radius 1 is 1.21 bits per heavy atom. The van der Waals surface area contributed by atoms with Crippen LogP contribution in [0.2, 0.25) is 0 Å². The van der Waals surface area contributed by atoms with Gasteiger partial charge in [-0.15, -0.1) is 0 Å². The van der Waals surface area contributed by atoms with Crippen molar-refractivity contribution in [2.75, 3.05) is 11.9 Å². The van der Waals surface area contributed by atoms with Crippen LogP contribution in [0.25, 0.3) is 0 Å². The molecule has 0 radical (unpaired) electrons. The van der Waals surface area contributed by atoms with Crippen LogP contribution in [0.3, 0.4) is 0 Å². The number of hydrogen-bond donors (Lipinski definition) is 2. The number of nitrogens with zero attached hydrogens (tertiary/aromatic N) is 4. The van der Waals surface area contributed by atoms with Gasteiger partial charge in [0.05, 0.1) is 16.4 Å². The van der Waals surface area contributed by atoms with Gasteiger partial charge in [-0.25, -0.2) is 0 Å².